The van der Waals surface area contributed by atoms with Gasteiger partial charge in [0.25, 0.3) is 0 Å². The summed E-state index contributed by atoms with van der Waals surface area (Å²) in [7, 11) is 0. The predicted octanol–water partition coefficient (Wildman–Crippen LogP) is 1.02. The molecule has 0 N–H and O–H groups in total. The van der Waals surface area contributed by atoms with Crippen LogP contribution in [0.15, 0.2) is 10.2 Å². The van der Waals surface area contributed by atoms with E-state index in [4.69, 9.17) is 4.74 Å². The third-order valence-electron chi connectivity index (χ3n) is 2.74. The van der Waals surface area contributed by atoms with Gasteiger partial charge in [-0.3, -0.25) is 19.0 Å². The number of nitrogens with zero attached hydrogens (tertiary/aromatic N) is 2. The molecule has 0 saturated carbocycles. The average molecular weight is 300 g/mol. The second kappa shape index (κ2) is 7.84. The zero-order valence-electron chi connectivity index (χ0n) is 12.0. The Morgan fingerprint density at radius 2 is 2.10 bits per heavy atom. The van der Waals surface area contributed by atoms with E-state index in [2.05, 4.69) is 0 Å². The number of carbonyl (C=O) groups is 2. The summed E-state index contributed by atoms with van der Waals surface area (Å²) in [6.45, 7) is 6.07. The maximum atomic E-state index is 12.2. The van der Waals surface area contributed by atoms with Crippen molar-refractivity contribution in [3.8, 4) is 0 Å². The van der Waals surface area contributed by atoms with Crippen LogP contribution in [-0.4, -0.2) is 41.0 Å². The maximum absolute atomic E-state index is 12.2. The Hall–Kier alpha value is -1.63. The summed E-state index contributed by atoms with van der Waals surface area (Å²) in [5.74, 6) is -0.674. The Morgan fingerprint density at radius 3 is 2.60 bits per heavy atom. The van der Waals surface area contributed by atoms with Gasteiger partial charge < -0.3 is 9.64 Å². The third-order valence-corrected chi connectivity index (χ3v) is 3.62. The van der Waals surface area contributed by atoms with Crippen molar-refractivity contribution in [3.63, 3.8) is 0 Å². The zero-order valence-corrected chi connectivity index (χ0v) is 12.9. The van der Waals surface area contributed by atoms with Crippen molar-refractivity contribution < 1.29 is 14.3 Å². The molecule has 1 rings (SSSR count). The van der Waals surface area contributed by atoms with Gasteiger partial charge in [-0.05, 0) is 20.3 Å². The van der Waals surface area contributed by atoms with Gasteiger partial charge in [-0.15, -0.1) is 0 Å². The molecule has 6 nitrogen and oxygen atoms in total. The standard InChI is InChI=1S/C13H20N2O4S/c1-4-6-14(8-12(17)19-5-2)11(16)7-15-10(3)9-20-13(15)18/h9H,4-8H2,1-3H3. The number of thiazole rings is 1. The van der Waals surface area contributed by atoms with Crippen molar-refractivity contribution in [2.75, 3.05) is 19.7 Å². The summed E-state index contributed by atoms with van der Waals surface area (Å²) in [6.07, 6.45) is 0.739. The minimum atomic E-state index is -0.427. The molecule has 1 heterocycles. The summed E-state index contributed by atoms with van der Waals surface area (Å²) in [6, 6.07) is 0. The molecule has 20 heavy (non-hydrogen) atoms. The average Bonchev–Trinajstić information content (AvgIpc) is 2.70. The molecular formula is C13H20N2O4S. The van der Waals surface area contributed by atoms with E-state index in [0.717, 1.165) is 23.5 Å². The van der Waals surface area contributed by atoms with Crippen LogP contribution in [0.3, 0.4) is 0 Å². The molecule has 0 spiro atoms. The molecule has 1 aromatic heterocycles. The number of esters is 1. The molecule has 0 aromatic carbocycles. The number of aryl methyl sites for hydroxylation is 1. The number of amides is 1. The van der Waals surface area contributed by atoms with Crippen LogP contribution in [0.2, 0.25) is 0 Å². The lowest BCUT2D eigenvalue weighted by atomic mass is 10.3. The molecule has 0 aliphatic heterocycles. The predicted molar refractivity (Wildman–Crippen MR) is 76.8 cm³/mol. The fourth-order valence-electron chi connectivity index (χ4n) is 1.76. The van der Waals surface area contributed by atoms with Gasteiger partial charge in [-0.1, -0.05) is 18.3 Å². The number of ether oxygens (including phenoxy) is 1. The lowest BCUT2D eigenvalue weighted by Gasteiger charge is -2.21. The molecule has 112 valence electrons. The minimum absolute atomic E-state index is 0.0342. The molecule has 0 aliphatic rings. The van der Waals surface area contributed by atoms with Crippen molar-refractivity contribution >= 4 is 23.2 Å². The smallest absolute Gasteiger partial charge is 0.325 e. The zero-order chi connectivity index (χ0) is 15.1. The molecule has 0 radical (unpaired) electrons. The molecule has 0 fully saturated rings. The first-order chi connectivity index (χ1) is 9.49. The highest BCUT2D eigenvalue weighted by atomic mass is 32.1. The van der Waals surface area contributed by atoms with Crippen molar-refractivity contribution in [2.45, 2.75) is 33.7 Å². The molecule has 0 bridgehead atoms. The normalized spacial score (nSPS) is 10.3. The van der Waals surface area contributed by atoms with E-state index < -0.39 is 5.97 Å². The van der Waals surface area contributed by atoms with Crippen LogP contribution in [0.1, 0.15) is 26.0 Å². The first-order valence-corrected chi connectivity index (χ1v) is 7.45. The Labute approximate surface area is 122 Å². The van der Waals surface area contributed by atoms with Gasteiger partial charge in [0.2, 0.25) is 5.91 Å². The number of carbonyl (C=O) groups excluding carboxylic acids is 2. The molecule has 0 atom stereocenters. The van der Waals surface area contributed by atoms with Crippen LogP contribution >= 0.6 is 11.3 Å². The second-order valence-electron chi connectivity index (χ2n) is 4.35. The fraction of sp³-hybridized carbons (Fsp3) is 0.615. The SMILES string of the molecule is CCCN(CC(=O)OCC)C(=O)Cn1c(C)csc1=O. The second-order valence-corrected chi connectivity index (χ2v) is 5.17. The summed E-state index contributed by atoms with van der Waals surface area (Å²) >= 11 is 1.07. The van der Waals surface area contributed by atoms with Gasteiger partial charge in [0.15, 0.2) is 0 Å². The highest BCUT2D eigenvalue weighted by Gasteiger charge is 2.18. The molecule has 0 unspecified atom stereocenters. The molecule has 7 heteroatoms. The van der Waals surface area contributed by atoms with E-state index in [0.29, 0.717) is 6.54 Å². The van der Waals surface area contributed by atoms with Gasteiger partial charge in [-0.2, -0.15) is 0 Å². The Balaban J connectivity index is 2.74. The van der Waals surface area contributed by atoms with Crippen LogP contribution in [0.5, 0.6) is 0 Å². The van der Waals surface area contributed by atoms with Gasteiger partial charge in [0.1, 0.15) is 13.1 Å². The van der Waals surface area contributed by atoms with Crippen molar-refractivity contribution in [3.05, 3.63) is 20.7 Å². The maximum Gasteiger partial charge on any atom is 0.325 e. The summed E-state index contributed by atoms with van der Waals surface area (Å²) < 4.78 is 6.27. The highest BCUT2D eigenvalue weighted by molar-refractivity contribution is 7.07. The van der Waals surface area contributed by atoms with Crippen molar-refractivity contribution in [1.82, 2.24) is 9.47 Å². The molecule has 1 aromatic rings. The summed E-state index contributed by atoms with van der Waals surface area (Å²) in [5, 5.41) is 1.71. The summed E-state index contributed by atoms with van der Waals surface area (Å²) in [4.78, 5) is 36.6. The van der Waals surface area contributed by atoms with Gasteiger partial charge in [0.05, 0.1) is 6.61 Å². The summed E-state index contributed by atoms with van der Waals surface area (Å²) in [5.41, 5.74) is 0.751. The van der Waals surface area contributed by atoms with Crippen LogP contribution in [-0.2, 0) is 20.9 Å². The van der Waals surface area contributed by atoms with E-state index in [1.54, 1.807) is 19.2 Å². The largest absolute Gasteiger partial charge is 0.465 e. The molecule has 0 saturated heterocycles. The van der Waals surface area contributed by atoms with Gasteiger partial charge in [-0.25, -0.2) is 0 Å². The third kappa shape index (κ3) is 4.48. The first-order valence-electron chi connectivity index (χ1n) is 6.57. The van der Waals surface area contributed by atoms with E-state index in [1.807, 2.05) is 6.92 Å². The number of hydrogen-bond donors (Lipinski definition) is 0. The van der Waals surface area contributed by atoms with E-state index in [1.165, 1.54) is 9.47 Å². The van der Waals surface area contributed by atoms with Gasteiger partial charge >= 0.3 is 10.8 Å². The monoisotopic (exact) mass is 300 g/mol. The lowest BCUT2D eigenvalue weighted by molar-refractivity contribution is -0.149. The quantitative estimate of drug-likeness (QED) is 0.705. The number of rotatable bonds is 7. The van der Waals surface area contributed by atoms with Crippen molar-refractivity contribution in [2.24, 2.45) is 0 Å². The molecule has 0 aliphatic carbocycles. The van der Waals surface area contributed by atoms with E-state index in [-0.39, 0.29) is 30.5 Å². The molecule has 1 amide bonds. The number of hydrogen-bond acceptors (Lipinski definition) is 5. The van der Waals surface area contributed by atoms with Crippen LogP contribution in [0, 0.1) is 6.92 Å². The highest BCUT2D eigenvalue weighted by Crippen LogP contribution is 2.02. The van der Waals surface area contributed by atoms with Crippen LogP contribution < -0.4 is 4.87 Å². The Bertz CT molecular complexity index is 521. The first kappa shape index (κ1) is 16.4. The van der Waals surface area contributed by atoms with E-state index in [9.17, 15) is 14.4 Å². The van der Waals surface area contributed by atoms with Crippen molar-refractivity contribution in [1.29, 1.82) is 0 Å². The fourth-order valence-corrected chi connectivity index (χ4v) is 2.49. The Morgan fingerprint density at radius 1 is 1.40 bits per heavy atom. The molecular weight excluding hydrogens is 280 g/mol. The minimum Gasteiger partial charge on any atom is -0.465 e. The Kier molecular flexibility index (Phi) is 6.44. The van der Waals surface area contributed by atoms with Crippen LogP contribution in [0.25, 0.3) is 0 Å². The van der Waals surface area contributed by atoms with Gasteiger partial charge in [0, 0.05) is 17.6 Å². The van der Waals surface area contributed by atoms with E-state index >= 15 is 0 Å². The number of aromatic nitrogens is 1. The lowest BCUT2D eigenvalue weighted by Crippen LogP contribution is -2.40. The topological polar surface area (TPSA) is 68.6 Å². The van der Waals surface area contributed by atoms with Crippen LogP contribution in [0.4, 0.5) is 0 Å².